The smallest absolute Gasteiger partial charge is 0.150 e. The van der Waals surface area contributed by atoms with Gasteiger partial charge in [0.25, 0.3) is 0 Å². The van der Waals surface area contributed by atoms with Gasteiger partial charge in [0.05, 0.1) is 16.3 Å². The number of aromatic nitrogens is 2. The van der Waals surface area contributed by atoms with Crippen molar-refractivity contribution in [2.24, 2.45) is 5.92 Å². The fourth-order valence-corrected chi connectivity index (χ4v) is 4.69. The highest BCUT2D eigenvalue weighted by Gasteiger charge is 2.33. The maximum absolute atomic E-state index is 11.7. The van der Waals surface area contributed by atoms with E-state index in [0.717, 1.165) is 30.6 Å². The van der Waals surface area contributed by atoms with Crippen LogP contribution in [0.5, 0.6) is 0 Å². The second-order valence-corrected chi connectivity index (χ2v) is 8.11. The molecular formula is C11H19N3O2S2. The van der Waals surface area contributed by atoms with E-state index in [1.165, 1.54) is 17.8 Å². The average molecular weight is 289 g/mol. The van der Waals surface area contributed by atoms with Crippen molar-refractivity contribution in [2.75, 3.05) is 13.3 Å². The third-order valence-electron chi connectivity index (χ3n) is 3.74. The molecule has 0 aromatic carbocycles. The Hall–Kier alpha value is -0.530. The fourth-order valence-electron chi connectivity index (χ4n) is 2.79. The third kappa shape index (κ3) is 3.07. The van der Waals surface area contributed by atoms with Gasteiger partial charge < -0.3 is 5.32 Å². The van der Waals surface area contributed by atoms with E-state index in [2.05, 4.69) is 14.9 Å². The minimum absolute atomic E-state index is 0.176. The molecule has 1 aromatic heterocycles. The van der Waals surface area contributed by atoms with Gasteiger partial charge in [-0.3, -0.25) is 0 Å². The number of hydrogen-bond acceptors (Lipinski definition) is 6. The van der Waals surface area contributed by atoms with Crippen molar-refractivity contribution in [1.82, 2.24) is 14.9 Å². The average Bonchev–Trinajstić information content (AvgIpc) is 2.83. The highest BCUT2D eigenvalue weighted by Crippen LogP contribution is 2.37. The maximum atomic E-state index is 11.7. The molecule has 18 heavy (non-hydrogen) atoms. The first-order chi connectivity index (χ1) is 8.52. The van der Waals surface area contributed by atoms with Crippen LogP contribution in [0.4, 0.5) is 0 Å². The van der Waals surface area contributed by atoms with Gasteiger partial charge >= 0.3 is 0 Å². The zero-order valence-electron chi connectivity index (χ0n) is 10.7. The number of nitrogens with zero attached hydrogens (tertiary/aromatic N) is 2. The molecule has 1 saturated carbocycles. The normalized spacial score (nSPS) is 27.0. The summed E-state index contributed by atoms with van der Waals surface area (Å²) in [7, 11) is -1.01. The van der Waals surface area contributed by atoms with Crippen LogP contribution < -0.4 is 5.32 Å². The van der Waals surface area contributed by atoms with Gasteiger partial charge in [0.1, 0.15) is 9.84 Å². The first-order valence-corrected chi connectivity index (χ1v) is 8.88. The van der Waals surface area contributed by atoms with Gasteiger partial charge in [-0.15, -0.1) is 5.10 Å². The molecule has 0 bridgehead atoms. The lowest BCUT2D eigenvalue weighted by molar-refractivity contribution is 0.285. The highest BCUT2D eigenvalue weighted by atomic mass is 32.2. The van der Waals surface area contributed by atoms with Gasteiger partial charge in [0.2, 0.25) is 0 Å². The van der Waals surface area contributed by atoms with Crippen LogP contribution in [0.2, 0.25) is 0 Å². The Morgan fingerprint density at radius 1 is 1.50 bits per heavy atom. The van der Waals surface area contributed by atoms with E-state index in [4.69, 9.17) is 0 Å². The Labute approximate surface area is 112 Å². The summed E-state index contributed by atoms with van der Waals surface area (Å²) in [6, 6.07) is 0.176. The largest absolute Gasteiger partial charge is 0.312 e. The topological polar surface area (TPSA) is 72.0 Å². The van der Waals surface area contributed by atoms with Crippen molar-refractivity contribution in [3.8, 4) is 0 Å². The quantitative estimate of drug-likeness (QED) is 0.907. The molecule has 0 amide bonds. The summed E-state index contributed by atoms with van der Waals surface area (Å²) in [5.41, 5.74) is 0. The van der Waals surface area contributed by atoms with E-state index >= 15 is 0 Å². The Bertz CT molecular complexity index is 472. The second-order valence-electron chi connectivity index (χ2n) is 4.96. The van der Waals surface area contributed by atoms with E-state index in [9.17, 15) is 8.42 Å². The molecular weight excluding hydrogens is 270 g/mol. The summed E-state index contributed by atoms with van der Waals surface area (Å²) in [4.78, 5) is 1.09. The molecule has 0 aliphatic heterocycles. The predicted molar refractivity (Wildman–Crippen MR) is 72.3 cm³/mol. The van der Waals surface area contributed by atoms with E-state index in [0.29, 0.717) is 5.92 Å². The number of sulfone groups is 1. The van der Waals surface area contributed by atoms with Gasteiger partial charge in [-0.05, 0) is 43.8 Å². The first kappa shape index (κ1) is 13.9. The molecule has 1 aliphatic carbocycles. The van der Waals surface area contributed by atoms with E-state index < -0.39 is 9.84 Å². The van der Waals surface area contributed by atoms with E-state index in [1.54, 1.807) is 6.20 Å². The van der Waals surface area contributed by atoms with Crippen molar-refractivity contribution in [3.63, 3.8) is 0 Å². The summed E-state index contributed by atoms with van der Waals surface area (Å²) in [6.45, 7) is 0. The van der Waals surface area contributed by atoms with Crippen LogP contribution in [-0.4, -0.2) is 36.6 Å². The van der Waals surface area contributed by atoms with Crippen molar-refractivity contribution < 1.29 is 8.42 Å². The molecule has 2 rings (SSSR count). The Morgan fingerprint density at radius 2 is 2.28 bits per heavy atom. The van der Waals surface area contributed by atoms with Crippen LogP contribution in [0.25, 0.3) is 0 Å². The van der Waals surface area contributed by atoms with Crippen LogP contribution in [0.3, 0.4) is 0 Å². The molecule has 3 atom stereocenters. The van der Waals surface area contributed by atoms with Crippen molar-refractivity contribution >= 4 is 21.4 Å². The van der Waals surface area contributed by atoms with Gasteiger partial charge in [0, 0.05) is 12.3 Å². The lowest BCUT2D eigenvalue weighted by Crippen LogP contribution is -2.34. The minimum Gasteiger partial charge on any atom is -0.312 e. The second kappa shape index (κ2) is 5.63. The molecule has 0 radical (unpaired) electrons. The SMILES string of the molecule is CNC(c1cnns1)C1CCCC(S(C)(=O)=O)C1. The molecule has 1 N–H and O–H groups in total. The maximum Gasteiger partial charge on any atom is 0.150 e. The van der Waals surface area contributed by atoms with Crippen LogP contribution in [-0.2, 0) is 9.84 Å². The number of nitrogens with one attached hydrogen (secondary N) is 1. The number of hydrogen-bond donors (Lipinski definition) is 1. The predicted octanol–water partition coefficient (Wildman–Crippen LogP) is 1.40. The van der Waals surface area contributed by atoms with E-state index in [-0.39, 0.29) is 11.3 Å². The van der Waals surface area contributed by atoms with Crippen molar-refractivity contribution in [1.29, 1.82) is 0 Å². The summed E-state index contributed by atoms with van der Waals surface area (Å²) < 4.78 is 27.3. The molecule has 7 heteroatoms. The first-order valence-electron chi connectivity index (χ1n) is 6.15. The Kier molecular flexibility index (Phi) is 4.34. The third-order valence-corrected chi connectivity index (χ3v) is 6.12. The zero-order valence-corrected chi connectivity index (χ0v) is 12.3. The monoisotopic (exact) mass is 289 g/mol. The van der Waals surface area contributed by atoms with Gasteiger partial charge in [-0.2, -0.15) is 0 Å². The summed E-state index contributed by atoms with van der Waals surface area (Å²) in [5, 5.41) is 6.96. The summed E-state index contributed by atoms with van der Waals surface area (Å²) >= 11 is 1.38. The van der Waals surface area contributed by atoms with Gasteiger partial charge in [0.15, 0.2) is 0 Å². The molecule has 1 heterocycles. The molecule has 102 valence electrons. The van der Waals surface area contributed by atoms with Crippen LogP contribution in [0.1, 0.15) is 36.6 Å². The zero-order chi connectivity index (χ0) is 13.2. The number of rotatable bonds is 4. The van der Waals surface area contributed by atoms with Crippen molar-refractivity contribution in [3.05, 3.63) is 11.1 Å². The highest BCUT2D eigenvalue weighted by molar-refractivity contribution is 7.91. The fraction of sp³-hybridized carbons (Fsp3) is 0.818. The Balaban J connectivity index is 2.12. The lowest BCUT2D eigenvalue weighted by atomic mass is 9.83. The van der Waals surface area contributed by atoms with Crippen LogP contribution >= 0.6 is 11.5 Å². The lowest BCUT2D eigenvalue weighted by Gasteiger charge is -2.32. The molecule has 0 spiro atoms. The standard InChI is InChI=1S/C11H19N3O2S2/c1-12-11(10-7-13-14-17-10)8-4-3-5-9(6-8)18(2,15)16/h7-9,11-12H,3-6H2,1-2H3. The van der Waals surface area contributed by atoms with Crippen LogP contribution in [0.15, 0.2) is 6.20 Å². The van der Waals surface area contributed by atoms with Gasteiger partial charge in [-0.25, -0.2) is 8.42 Å². The van der Waals surface area contributed by atoms with Crippen molar-refractivity contribution in [2.45, 2.75) is 37.0 Å². The molecule has 1 fully saturated rings. The molecule has 0 saturated heterocycles. The van der Waals surface area contributed by atoms with Crippen LogP contribution in [0, 0.1) is 5.92 Å². The minimum atomic E-state index is -2.92. The molecule has 1 aromatic rings. The molecule has 3 unspecified atom stereocenters. The Morgan fingerprint density at radius 3 is 2.83 bits per heavy atom. The summed E-state index contributed by atoms with van der Waals surface area (Å²) in [6.07, 6.45) is 6.70. The molecule has 1 aliphatic rings. The van der Waals surface area contributed by atoms with Gasteiger partial charge in [-0.1, -0.05) is 10.9 Å². The molecule has 5 nitrogen and oxygen atoms in total. The summed E-state index contributed by atoms with van der Waals surface area (Å²) in [5.74, 6) is 0.353. The van der Waals surface area contributed by atoms with E-state index in [1.807, 2.05) is 7.05 Å².